The summed E-state index contributed by atoms with van der Waals surface area (Å²) >= 11 is 0. The van der Waals surface area contributed by atoms with Gasteiger partial charge in [0.05, 0.1) is 6.54 Å². The second-order valence-electron chi connectivity index (χ2n) is 2.75. The van der Waals surface area contributed by atoms with Gasteiger partial charge in [0.25, 0.3) is 0 Å². The summed E-state index contributed by atoms with van der Waals surface area (Å²) in [5, 5.41) is 1.96. The Bertz CT molecular complexity index is 218. The normalized spacial score (nSPS) is 10.0. The standard InChI is InChI=1S/C10H15N/c1-9-5-3-4-6-10(9)7-8-11-2/h3-6H,2,7-8,11H2,1H3. The van der Waals surface area contributed by atoms with E-state index in [4.69, 9.17) is 0 Å². The van der Waals surface area contributed by atoms with E-state index in [1.54, 1.807) is 0 Å². The van der Waals surface area contributed by atoms with Crippen LogP contribution in [0.1, 0.15) is 11.1 Å². The first-order valence-corrected chi connectivity index (χ1v) is 4.00. The molecule has 60 valence electrons. The highest BCUT2D eigenvalue weighted by Gasteiger charge is 1.94. The van der Waals surface area contributed by atoms with E-state index in [2.05, 4.69) is 38.2 Å². The topological polar surface area (TPSA) is 16.6 Å². The molecule has 1 aromatic carbocycles. The van der Waals surface area contributed by atoms with Crippen molar-refractivity contribution in [2.24, 2.45) is 0 Å². The second kappa shape index (κ2) is 4.14. The van der Waals surface area contributed by atoms with Gasteiger partial charge in [0.2, 0.25) is 0 Å². The largest absolute Gasteiger partial charge is 0.479 e. The van der Waals surface area contributed by atoms with Crippen LogP contribution in [-0.4, -0.2) is 6.54 Å². The Hall–Kier alpha value is -0.820. The van der Waals surface area contributed by atoms with Crippen molar-refractivity contribution >= 4 is 0 Å². The molecule has 0 fully saturated rings. The summed E-state index contributed by atoms with van der Waals surface area (Å²) < 4.78 is 0. The van der Waals surface area contributed by atoms with Crippen LogP contribution in [0.4, 0.5) is 0 Å². The fourth-order valence-corrected chi connectivity index (χ4v) is 1.15. The Morgan fingerprint density at radius 1 is 1.36 bits per heavy atom. The van der Waals surface area contributed by atoms with Crippen LogP contribution in [-0.2, 0) is 6.42 Å². The van der Waals surface area contributed by atoms with Crippen LogP contribution in [0, 0.1) is 14.0 Å². The Morgan fingerprint density at radius 3 is 2.73 bits per heavy atom. The first kappa shape index (κ1) is 8.28. The summed E-state index contributed by atoms with van der Waals surface area (Å²) in [4.78, 5) is 0. The maximum atomic E-state index is 3.71. The fraction of sp³-hybridized carbons (Fsp3) is 0.300. The lowest BCUT2D eigenvalue weighted by Gasteiger charge is -2.03. The minimum atomic E-state index is 1.07. The Labute approximate surface area is 68.4 Å². The van der Waals surface area contributed by atoms with Crippen LogP contribution < -0.4 is 5.32 Å². The van der Waals surface area contributed by atoms with Gasteiger partial charge in [0.1, 0.15) is 0 Å². The van der Waals surface area contributed by atoms with E-state index in [1.807, 2.05) is 5.32 Å². The third kappa shape index (κ3) is 2.35. The van der Waals surface area contributed by atoms with Crippen molar-refractivity contribution in [1.29, 1.82) is 0 Å². The summed E-state index contributed by atoms with van der Waals surface area (Å²) in [6.07, 6.45) is 1.12. The van der Waals surface area contributed by atoms with Gasteiger partial charge in [-0.1, -0.05) is 24.3 Å². The van der Waals surface area contributed by atoms with E-state index in [0.717, 1.165) is 13.0 Å². The third-order valence-corrected chi connectivity index (χ3v) is 1.88. The molecule has 0 bridgehead atoms. The smallest absolute Gasteiger partial charge is 0.0556 e. The van der Waals surface area contributed by atoms with Crippen molar-refractivity contribution in [3.8, 4) is 0 Å². The number of quaternary nitrogens is 1. The number of benzene rings is 1. The number of rotatable bonds is 3. The van der Waals surface area contributed by atoms with Crippen LogP contribution in [0.2, 0.25) is 0 Å². The van der Waals surface area contributed by atoms with E-state index in [-0.39, 0.29) is 0 Å². The van der Waals surface area contributed by atoms with Crippen molar-refractivity contribution in [3.05, 3.63) is 42.4 Å². The molecular formula is C10H15N. The number of hydrogen-bond acceptors (Lipinski definition) is 0. The van der Waals surface area contributed by atoms with Gasteiger partial charge in [-0.3, -0.25) is 0 Å². The highest BCUT2D eigenvalue weighted by Crippen LogP contribution is 2.05. The molecule has 0 aliphatic carbocycles. The summed E-state index contributed by atoms with van der Waals surface area (Å²) in [6.45, 7) is 3.23. The molecule has 1 rings (SSSR count). The highest BCUT2D eigenvalue weighted by molar-refractivity contribution is 5.25. The average molecular weight is 149 g/mol. The molecule has 0 unspecified atom stereocenters. The summed E-state index contributed by atoms with van der Waals surface area (Å²) in [7, 11) is 3.71. The Kier molecular flexibility index (Phi) is 3.12. The molecule has 0 spiro atoms. The van der Waals surface area contributed by atoms with Gasteiger partial charge in [0.15, 0.2) is 0 Å². The van der Waals surface area contributed by atoms with Crippen LogP contribution in [0.3, 0.4) is 0 Å². The quantitative estimate of drug-likeness (QED) is 0.615. The molecule has 0 heterocycles. The molecule has 0 saturated carbocycles. The molecule has 0 aromatic heterocycles. The van der Waals surface area contributed by atoms with Gasteiger partial charge in [-0.05, 0) is 18.1 Å². The molecule has 0 aliphatic rings. The van der Waals surface area contributed by atoms with E-state index in [1.165, 1.54) is 11.1 Å². The lowest BCUT2D eigenvalue weighted by Crippen LogP contribution is -2.77. The maximum absolute atomic E-state index is 3.71. The van der Waals surface area contributed by atoms with Gasteiger partial charge >= 0.3 is 0 Å². The molecule has 1 heteroatoms. The van der Waals surface area contributed by atoms with Crippen LogP contribution >= 0.6 is 0 Å². The van der Waals surface area contributed by atoms with Crippen LogP contribution in [0.15, 0.2) is 24.3 Å². The molecule has 0 aliphatic heterocycles. The molecule has 0 atom stereocenters. The van der Waals surface area contributed by atoms with Gasteiger partial charge in [-0.25, -0.2) is 0 Å². The first-order chi connectivity index (χ1) is 5.34. The number of nitrogens with two attached hydrogens (primary N) is 1. The third-order valence-electron chi connectivity index (χ3n) is 1.88. The summed E-state index contributed by atoms with van der Waals surface area (Å²) in [5.74, 6) is 0. The summed E-state index contributed by atoms with van der Waals surface area (Å²) in [5.41, 5.74) is 2.82. The fourth-order valence-electron chi connectivity index (χ4n) is 1.15. The molecule has 2 N–H and O–H groups in total. The SMILES string of the molecule is [CH2-][NH2+]CCc1ccccc1C. The van der Waals surface area contributed by atoms with Gasteiger partial charge in [-0.15, -0.1) is 0 Å². The van der Waals surface area contributed by atoms with Gasteiger partial charge in [-0.2, -0.15) is 7.05 Å². The average Bonchev–Trinajstić information content (AvgIpc) is 2.03. The lowest BCUT2D eigenvalue weighted by molar-refractivity contribution is -0.594. The Morgan fingerprint density at radius 2 is 2.09 bits per heavy atom. The molecule has 0 radical (unpaired) electrons. The molecular weight excluding hydrogens is 134 g/mol. The zero-order valence-corrected chi connectivity index (χ0v) is 7.01. The maximum Gasteiger partial charge on any atom is 0.0556 e. The van der Waals surface area contributed by atoms with Crippen molar-refractivity contribution in [2.75, 3.05) is 6.54 Å². The van der Waals surface area contributed by atoms with E-state index in [9.17, 15) is 0 Å². The van der Waals surface area contributed by atoms with Crippen LogP contribution in [0.25, 0.3) is 0 Å². The van der Waals surface area contributed by atoms with Crippen molar-refractivity contribution in [2.45, 2.75) is 13.3 Å². The zero-order valence-electron chi connectivity index (χ0n) is 7.01. The first-order valence-electron chi connectivity index (χ1n) is 4.00. The number of hydrogen-bond donors (Lipinski definition) is 1. The van der Waals surface area contributed by atoms with Crippen molar-refractivity contribution in [1.82, 2.24) is 0 Å². The zero-order chi connectivity index (χ0) is 8.10. The Balaban J connectivity index is 2.62. The van der Waals surface area contributed by atoms with Crippen LogP contribution in [0.5, 0.6) is 0 Å². The van der Waals surface area contributed by atoms with Crippen molar-refractivity contribution < 1.29 is 5.32 Å². The van der Waals surface area contributed by atoms with Gasteiger partial charge < -0.3 is 5.32 Å². The molecule has 1 aromatic rings. The monoisotopic (exact) mass is 149 g/mol. The molecule has 0 amide bonds. The predicted octanol–water partition coefficient (Wildman–Crippen LogP) is 0.893. The van der Waals surface area contributed by atoms with Crippen molar-refractivity contribution in [3.63, 3.8) is 0 Å². The highest BCUT2D eigenvalue weighted by atomic mass is 14.8. The summed E-state index contributed by atoms with van der Waals surface area (Å²) in [6, 6.07) is 8.50. The minimum absolute atomic E-state index is 1.07. The molecule has 1 nitrogen and oxygen atoms in total. The molecule has 0 saturated heterocycles. The molecule has 11 heavy (non-hydrogen) atoms. The number of aryl methyl sites for hydroxylation is 1. The minimum Gasteiger partial charge on any atom is -0.479 e. The van der Waals surface area contributed by atoms with Gasteiger partial charge in [0, 0.05) is 6.42 Å². The lowest BCUT2D eigenvalue weighted by atomic mass is 10.1. The second-order valence-corrected chi connectivity index (χ2v) is 2.75. The predicted molar refractivity (Wildman–Crippen MR) is 47.0 cm³/mol. The van der Waals surface area contributed by atoms with E-state index < -0.39 is 0 Å². The van der Waals surface area contributed by atoms with E-state index >= 15 is 0 Å². The van der Waals surface area contributed by atoms with E-state index in [0.29, 0.717) is 0 Å².